The molecule has 1 aromatic carbocycles. The standard InChI is InChI=1S/C22H31FN2O2/c1-2-20-5-3-4-14-25(20)22(27)18-10-8-17(9-11-18)21(26)24-15-16-6-12-19(23)13-7-16/h6-7,12-13,17-18,20H,2-5,8-11,14-15H2,1H3,(H,24,26). The van der Waals surface area contributed by atoms with E-state index >= 15 is 0 Å². The molecule has 5 heteroatoms. The van der Waals surface area contributed by atoms with Crippen molar-refractivity contribution in [1.29, 1.82) is 0 Å². The highest BCUT2D eigenvalue weighted by atomic mass is 19.1. The molecule has 1 saturated carbocycles. The van der Waals surface area contributed by atoms with Crippen molar-refractivity contribution in [3.05, 3.63) is 35.6 Å². The summed E-state index contributed by atoms with van der Waals surface area (Å²) in [5.41, 5.74) is 0.893. The van der Waals surface area contributed by atoms with Crippen molar-refractivity contribution in [2.75, 3.05) is 6.54 Å². The van der Waals surface area contributed by atoms with Gasteiger partial charge in [-0.2, -0.15) is 0 Å². The van der Waals surface area contributed by atoms with E-state index in [1.807, 2.05) is 0 Å². The predicted molar refractivity (Wildman–Crippen MR) is 103 cm³/mol. The lowest BCUT2D eigenvalue weighted by Gasteiger charge is -2.39. The second-order valence-corrected chi connectivity index (χ2v) is 7.98. The summed E-state index contributed by atoms with van der Waals surface area (Å²) < 4.78 is 12.9. The summed E-state index contributed by atoms with van der Waals surface area (Å²) in [5, 5.41) is 2.96. The average molecular weight is 375 g/mol. The van der Waals surface area contributed by atoms with Gasteiger partial charge in [0.2, 0.25) is 11.8 Å². The van der Waals surface area contributed by atoms with Crippen LogP contribution in [-0.2, 0) is 16.1 Å². The predicted octanol–water partition coefficient (Wildman–Crippen LogP) is 4.04. The van der Waals surface area contributed by atoms with Gasteiger partial charge in [-0.05, 0) is 69.1 Å². The fourth-order valence-corrected chi connectivity index (χ4v) is 4.49. The molecule has 3 rings (SSSR count). The molecule has 0 spiro atoms. The van der Waals surface area contributed by atoms with E-state index in [4.69, 9.17) is 0 Å². The Morgan fingerprint density at radius 3 is 2.37 bits per heavy atom. The van der Waals surface area contributed by atoms with Crippen molar-refractivity contribution in [3.8, 4) is 0 Å². The van der Waals surface area contributed by atoms with Crippen molar-refractivity contribution in [3.63, 3.8) is 0 Å². The summed E-state index contributed by atoms with van der Waals surface area (Å²) in [4.78, 5) is 27.5. The second kappa shape index (κ2) is 9.34. The van der Waals surface area contributed by atoms with Gasteiger partial charge in [-0.25, -0.2) is 4.39 Å². The Morgan fingerprint density at radius 2 is 1.70 bits per heavy atom. The van der Waals surface area contributed by atoms with Crippen LogP contribution < -0.4 is 5.32 Å². The molecule has 1 saturated heterocycles. The number of carbonyl (C=O) groups is 2. The third-order valence-corrected chi connectivity index (χ3v) is 6.21. The number of hydrogen-bond acceptors (Lipinski definition) is 2. The van der Waals surface area contributed by atoms with E-state index < -0.39 is 0 Å². The number of piperidine rings is 1. The van der Waals surface area contributed by atoms with Gasteiger partial charge in [-0.3, -0.25) is 9.59 Å². The Morgan fingerprint density at radius 1 is 1.04 bits per heavy atom. The fourth-order valence-electron chi connectivity index (χ4n) is 4.49. The van der Waals surface area contributed by atoms with Gasteiger partial charge in [0.05, 0.1) is 0 Å². The Kier molecular flexibility index (Phi) is 6.86. The van der Waals surface area contributed by atoms with Crippen LogP contribution in [0.4, 0.5) is 4.39 Å². The molecule has 1 unspecified atom stereocenters. The Hall–Kier alpha value is -1.91. The maximum Gasteiger partial charge on any atom is 0.225 e. The van der Waals surface area contributed by atoms with E-state index in [1.165, 1.54) is 18.6 Å². The van der Waals surface area contributed by atoms with Crippen molar-refractivity contribution >= 4 is 11.8 Å². The molecule has 148 valence electrons. The highest BCUT2D eigenvalue weighted by Gasteiger charge is 2.34. The van der Waals surface area contributed by atoms with Crippen LogP contribution in [-0.4, -0.2) is 29.3 Å². The van der Waals surface area contributed by atoms with E-state index in [2.05, 4.69) is 17.1 Å². The van der Waals surface area contributed by atoms with Gasteiger partial charge < -0.3 is 10.2 Å². The van der Waals surface area contributed by atoms with Crippen LogP contribution in [0.25, 0.3) is 0 Å². The molecular weight excluding hydrogens is 343 g/mol. The summed E-state index contributed by atoms with van der Waals surface area (Å²) in [7, 11) is 0. The maximum atomic E-state index is 12.9. The Bertz CT molecular complexity index is 638. The number of nitrogens with zero attached hydrogens (tertiary/aromatic N) is 1. The van der Waals surface area contributed by atoms with Crippen LogP contribution in [0, 0.1) is 17.7 Å². The van der Waals surface area contributed by atoms with E-state index in [0.717, 1.165) is 57.1 Å². The first-order chi connectivity index (χ1) is 13.1. The van der Waals surface area contributed by atoms with Gasteiger partial charge in [0.15, 0.2) is 0 Å². The number of amides is 2. The van der Waals surface area contributed by atoms with Gasteiger partial charge >= 0.3 is 0 Å². The van der Waals surface area contributed by atoms with E-state index in [9.17, 15) is 14.0 Å². The van der Waals surface area contributed by atoms with Crippen molar-refractivity contribution in [2.24, 2.45) is 11.8 Å². The van der Waals surface area contributed by atoms with Crippen LogP contribution >= 0.6 is 0 Å². The van der Waals surface area contributed by atoms with Gasteiger partial charge in [0.25, 0.3) is 0 Å². The summed E-state index contributed by atoms with van der Waals surface area (Å²) in [6, 6.07) is 6.59. The number of halogens is 1. The Labute approximate surface area is 161 Å². The molecule has 1 aromatic rings. The lowest BCUT2D eigenvalue weighted by molar-refractivity contribution is -0.142. The van der Waals surface area contributed by atoms with E-state index in [1.54, 1.807) is 12.1 Å². The summed E-state index contributed by atoms with van der Waals surface area (Å²) in [6.45, 7) is 3.48. The molecule has 2 aliphatic rings. The molecule has 4 nitrogen and oxygen atoms in total. The topological polar surface area (TPSA) is 49.4 Å². The first-order valence-electron chi connectivity index (χ1n) is 10.4. The van der Waals surface area contributed by atoms with Crippen LogP contribution in [0.15, 0.2) is 24.3 Å². The SMILES string of the molecule is CCC1CCCCN1C(=O)C1CCC(C(=O)NCc2ccc(F)cc2)CC1. The minimum absolute atomic E-state index is 0.0159. The molecule has 0 aromatic heterocycles. The quantitative estimate of drug-likeness (QED) is 0.846. The minimum atomic E-state index is -0.271. The molecular formula is C22H31FN2O2. The van der Waals surface area contributed by atoms with Crippen molar-refractivity contribution in [2.45, 2.75) is 70.9 Å². The van der Waals surface area contributed by atoms with Gasteiger partial charge in [0, 0.05) is 31.0 Å². The smallest absolute Gasteiger partial charge is 0.225 e. The zero-order valence-electron chi connectivity index (χ0n) is 16.3. The van der Waals surface area contributed by atoms with E-state index in [0.29, 0.717) is 18.5 Å². The maximum absolute atomic E-state index is 12.9. The van der Waals surface area contributed by atoms with Gasteiger partial charge in [-0.15, -0.1) is 0 Å². The normalized spacial score (nSPS) is 25.9. The summed E-state index contributed by atoms with van der Waals surface area (Å²) in [6.07, 6.45) is 7.66. The number of rotatable bonds is 5. The lowest BCUT2D eigenvalue weighted by Crippen LogP contribution is -2.47. The highest BCUT2D eigenvalue weighted by molar-refractivity contribution is 5.81. The number of likely N-dealkylation sites (tertiary alicyclic amines) is 1. The van der Waals surface area contributed by atoms with Crippen LogP contribution in [0.2, 0.25) is 0 Å². The summed E-state index contributed by atoms with van der Waals surface area (Å²) in [5.74, 6) is 0.157. The molecule has 2 amide bonds. The summed E-state index contributed by atoms with van der Waals surface area (Å²) >= 11 is 0. The largest absolute Gasteiger partial charge is 0.352 e. The van der Waals surface area contributed by atoms with Crippen molar-refractivity contribution < 1.29 is 14.0 Å². The zero-order valence-corrected chi connectivity index (χ0v) is 16.3. The zero-order chi connectivity index (χ0) is 19.2. The highest BCUT2D eigenvalue weighted by Crippen LogP contribution is 2.32. The van der Waals surface area contributed by atoms with Crippen LogP contribution in [0.3, 0.4) is 0 Å². The number of nitrogens with one attached hydrogen (secondary N) is 1. The first kappa shape index (κ1) is 19.8. The third kappa shape index (κ3) is 5.08. The molecule has 1 N–H and O–H groups in total. The number of benzene rings is 1. The lowest BCUT2D eigenvalue weighted by atomic mass is 9.80. The fraction of sp³-hybridized carbons (Fsp3) is 0.636. The number of hydrogen-bond donors (Lipinski definition) is 1. The third-order valence-electron chi connectivity index (χ3n) is 6.21. The molecule has 1 aliphatic carbocycles. The monoisotopic (exact) mass is 374 g/mol. The molecule has 1 heterocycles. The molecule has 0 bridgehead atoms. The van der Waals surface area contributed by atoms with Gasteiger partial charge in [0.1, 0.15) is 5.82 Å². The van der Waals surface area contributed by atoms with E-state index in [-0.39, 0.29) is 23.6 Å². The second-order valence-electron chi connectivity index (χ2n) is 7.98. The molecule has 0 radical (unpaired) electrons. The average Bonchev–Trinajstić information content (AvgIpc) is 2.72. The van der Waals surface area contributed by atoms with Crippen molar-refractivity contribution in [1.82, 2.24) is 10.2 Å². The Balaban J connectivity index is 1.45. The number of carbonyl (C=O) groups excluding carboxylic acids is 2. The molecule has 1 atom stereocenters. The van der Waals surface area contributed by atoms with Gasteiger partial charge in [-0.1, -0.05) is 19.1 Å². The molecule has 27 heavy (non-hydrogen) atoms. The first-order valence-corrected chi connectivity index (χ1v) is 10.4. The molecule has 2 fully saturated rings. The van der Waals surface area contributed by atoms with Crippen LogP contribution in [0.1, 0.15) is 63.9 Å². The van der Waals surface area contributed by atoms with Crippen LogP contribution in [0.5, 0.6) is 0 Å². The minimum Gasteiger partial charge on any atom is -0.352 e. The molecule has 1 aliphatic heterocycles.